The van der Waals surface area contributed by atoms with E-state index in [9.17, 15) is 4.79 Å². The van der Waals surface area contributed by atoms with Crippen molar-refractivity contribution in [1.29, 1.82) is 0 Å². The fourth-order valence-electron chi connectivity index (χ4n) is 1.82. The average molecular weight is 242 g/mol. The summed E-state index contributed by atoms with van der Waals surface area (Å²) in [6.07, 6.45) is 5.33. The van der Waals surface area contributed by atoms with Crippen LogP contribution in [0.2, 0.25) is 0 Å². The molecule has 0 unspecified atom stereocenters. The molecule has 1 aromatic carbocycles. The van der Waals surface area contributed by atoms with Crippen LogP contribution >= 0.6 is 0 Å². The van der Waals surface area contributed by atoms with Gasteiger partial charge in [0.05, 0.1) is 23.5 Å². The van der Waals surface area contributed by atoms with Crippen molar-refractivity contribution >= 4 is 16.9 Å². The van der Waals surface area contributed by atoms with Crippen LogP contribution in [0.3, 0.4) is 0 Å². The Hall–Kier alpha value is -2.63. The first-order chi connectivity index (χ1) is 8.63. The topological polar surface area (TPSA) is 72.9 Å². The summed E-state index contributed by atoms with van der Waals surface area (Å²) in [5.74, 6) is -0.939. The van der Waals surface area contributed by atoms with E-state index >= 15 is 0 Å². The summed E-state index contributed by atoms with van der Waals surface area (Å²) in [7, 11) is 1.83. The van der Waals surface area contributed by atoms with Crippen molar-refractivity contribution in [3.63, 3.8) is 0 Å². The minimum absolute atomic E-state index is 0.258. The number of hydrogen-bond acceptors (Lipinski definition) is 3. The van der Waals surface area contributed by atoms with E-state index in [2.05, 4.69) is 10.2 Å². The third-order valence-corrected chi connectivity index (χ3v) is 2.71. The van der Waals surface area contributed by atoms with E-state index in [1.54, 1.807) is 40.0 Å². The summed E-state index contributed by atoms with van der Waals surface area (Å²) in [4.78, 5) is 10.9. The lowest BCUT2D eigenvalue weighted by molar-refractivity contribution is 0.0697. The highest BCUT2D eigenvalue weighted by atomic mass is 16.4. The Kier molecular flexibility index (Phi) is 2.16. The predicted octanol–water partition coefficient (Wildman–Crippen LogP) is 1.46. The molecule has 0 atom stereocenters. The first-order valence-electron chi connectivity index (χ1n) is 5.35. The molecule has 0 amide bonds. The van der Waals surface area contributed by atoms with Crippen LogP contribution in [0.25, 0.3) is 16.6 Å². The predicted molar refractivity (Wildman–Crippen MR) is 64.8 cm³/mol. The van der Waals surface area contributed by atoms with Crippen LogP contribution in [-0.2, 0) is 7.05 Å². The van der Waals surface area contributed by atoms with Crippen molar-refractivity contribution in [2.45, 2.75) is 0 Å². The second-order valence-corrected chi connectivity index (χ2v) is 4.02. The SMILES string of the molecule is Cn1cc(-n2cc3cc(C(=O)O)ccc3n2)cn1. The number of nitrogens with zero attached hydrogens (tertiary/aromatic N) is 4. The van der Waals surface area contributed by atoms with Gasteiger partial charge in [-0.05, 0) is 18.2 Å². The van der Waals surface area contributed by atoms with Gasteiger partial charge in [0.15, 0.2) is 0 Å². The maximum atomic E-state index is 10.9. The van der Waals surface area contributed by atoms with E-state index in [4.69, 9.17) is 5.11 Å². The minimum Gasteiger partial charge on any atom is -0.478 e. The first-order valence-corrected chi connectivity index (χ1v) is 5.35. The average Bonchev–Trinajstić information content (AvgIpc) is 2.93. The van der Waals surface area contributed by atoms with Gasteiger partial charge >= 0.3 is 5.97 Å². The molecule has 0 bridgehead atoms. The van der Waals surface area contributed by atoms with Crippen molar-refractivity contribution < 1.29 is 9.90 Å². The smallest absolute Gasteiger partial charge is 0.335 e. The molecule has 3 aromatic rings. The molecule has 0 spiro atoms. The standard InChI is InChI=1S/C12H10N4O2/c1-15-7-10(5-13-15)16-6-9-4-8(12(17)18)2-3-11(9)14-16/h2-7H,1H3,(H,17,18). The number of aromatic carboxylic acids is 1. The molecule has 2 aromatic heterocycles. The van der Waals surface area contributed by atoms with E-state index in [1.165, 1.54) is 0 Å². The van der Waals surface area contributed by atoms with Crippen molar-refractivity contribution in [3.8, 4) is 5.69 Å². The molecule has 18 heavy (non-hydrogen) atoms. The van der Waals surface area contributed by atoms with Crippen molar-refractivity contribution in [1.82, 2.24) is 19.6 Å². The van der Waals surface area contributed by atoms with E-state index in [1.807, 2.05) is 13.2 Å². The fourth-order valence-corrected chi connectivity index (χ4v) is 1.82. The quantitative estimate of drug-likeness (QED) is 0.738. The first kappa shape index (κ1) is 10.5. The zero-order valence-corrected chi connectivity index (χ0v) is 9.61. The Bertz CT molecular complexity index is 741. The molecular formula is C12H10N4O2. The van der Waals surface area contributed by atoms with Gasteiger partial charge in [-0.2, -0.15) is 10.2 Å². The van der Waals surface area contributed by atoms with Crippen LogP contribution in [0.1, 0.15) is 10.4 Å². The molecule has 6 heteroatoms. The van der Waals surface area contributed by atoms with E-state index in [0.717, 1.165) is 16.6 Å². The third kappa shape index (κ3) is 1.64. The number of carbonyl (C=O) groups is 1. The highest BCUT2D eigenvalue weighted by molar-refractivity contribution is 5.93. The number of hydrogen-bond donors (Lipinski definition) is 1. The molecule has 6 nitrogen and oxygen atoms in total. The van der Waals surface area contributed by atoms with E-state index in [0.29, 0.717) is 0 Å². The number of aryl methyl sites for hydroxylation is 1. The lowest BCUT2D eigenvalue weighted by atomic mass is 10.2. The Morgan fingerprint density at radius 3 is 2.83 bits per heavy atom. The number of fused-ring (bicyclic) bond motifs is 1. The lowest BCUT2D eigenvalue weighted by Gasteiger charge is -1.92. The van der Waals surface area contributed by atoms with E-state index < -0.39 is 5.97 Å². The maximum Gasteiger partial charge on any atom is 0.335 e. The number of benzene rings is 1. The van der Waals surface area contributed by atoms with Gasteiger partial charge in [-0.25, -0.2) is 9.48 Å². The van der Waals surface area contributed by atoms with Crippen molar-refractivity contribution in [2.24, 2.45) is 7.05 Å². The van der Waals surface area contributed by atoms with Crippen molar-refractivity contribution in [3.05, 3.63) is 42.4 Å². The van der Waals surface area contributed by atoms with Crippen LogP contribution in [0.4, 0.5) is 0 Å². The van der Waals surface area contributed by atoms with Gasteiger partial charge in [0.2, 0.25) is 0 Å². The molecule has 90 valence electrons. The summed E-state index contributed by atoms with van der Waals surface area (Å²) in [5.41, 5.74) is 1.85. The lowest BCUT2D eigenvalue weighted by Crippen LogP contribution is -1.94. The molecule has 1 N–H and O–H groups in total. The largest absolute Gasteiger partial charge is 0.478 e. The Morgan fingerprint density at radius 1 is 1.33 bits per heavy atom. The molecule has 0 aliphatic heterocycles. The zero-order valence-electron chi connectivity index (χ0n) is 9.61. The van der Waals surface area contributed by atoms with Crippen molar-refractivity contribution in [2.75, 3.05) is 0 Å². The Balaban J connectivity index is 2.13. The van der Waals surface area contributed by atoms with Gasteiger partial charge in [0, 0.05) is 18.6 Å². The van der Waals surface area contributed by atoms with E-state index in [-0.39, 0.29) is 5.56 Å². The monoisotopic (exact) mass is 242 g/mol. The highest BCUT2D eigenvalue weighted by Crippen LogP contribution is 2.17. The number of rotatable bonds is 2. The van der Waals surface area contributed by atoms with Crippen LogP contribution in [0, 0.1) is 0 Å². The second kappa shape index (κ2) is 3.69. The summed E-state index contributed by atoms with van der Waals surface area (Å²) in [6.45, 7) is 0. The normalized spacial score (nSPS) is 10.9. The van der Waals surface area contributed by atoms with Crippen LogP contribution in [-0.4, -0.2) is 30.6 Å². The zero-order chi connectivity index (χ0) is 12.7. The molecule has 0 radical (unpaired) electrons. The molecule has 0 fully saturated rings. The summed E-state index contributed by atoms with van der Waals surface area (Å²) in [6, 6.07) is 4.86. The number of carboxylic acid groups (broad SMARTS) is 1. The van der Waals surface area contributed by atoms with Gasteiger partial charge in [0.1, 0.15) is 5.69 Å². The second-order valence-electron chi connectivity index (χ2n) is 4.02. The number of carboxylic acids is 1. The minimum atomic E-state index is -0.939. The molecule has 0 saturated carbocycles. The Morgan fingerprint density at radius 2 is 2.17 bits per heavy atom. The van der Waals surface area contributed by atoms with Crippen LogP contribution < -0.4 is 0 Å². The Labute approximate surface area is 102 Å². The summed E-state index contributed by atoms with van der Waals surface area (Å²) < 4.78 is 3.37. The molecule has 0 aliphatic rings. The van der Waals surface area contributed by atoms with Gasteiger partial charge in [-0.3, -0.25) is 4.68 Å². The molecule has 2 heterocycles. The highest BCUT2D eigenvalue weighted by Gasteiger charge is 2.08. The molecule has 3 rings (SSSR count). The fraction of sp³-hybridized carbons (Fsp3) is 0.0833. The van der Waals surface area contributed by atoms with Gasteiger partial charge < -0.3 is 5.11 Å². The van der Waals surface area contributed by atoms with Gasteiger partial charge in [-0.1, -0.05) is 0 Å². The summed E-state index contributed by atoms with van der Waals surface area (Å²) >= 11 is 0. The molecule has 0 aliphatic carbocycles. The molecule has 0 saturated heterocycles. The van der Waals surface area contributed by atoms with Crippen LogP contribution in [0.15, 0.2) is 36.8 Å². The van der Waals surface area contributed by atoms with Gasteiger partial charge in [-0.15, -0.1) is 0 Å². The molecular weight excluding hydrogens is 232 g/mol. The van der Waals surface area contributed by atoms with Gasteiger partial charge in [0.25, 0.3) is 0 Å². The summed E-state index contributed by atoms with van der Waals surface area (Å²) in [5, 5.41) is 18.2. The third-order valence-electron chi connectivity index (χ3n) is 2.71. The number of aromatic nitrogens is 4. The maximum absolute atomic E-state index is 10.9. The van der Waals surface area contributed by atoms with Crippen LogP contribution in [0.5, 0.6) is 0 Å².